The molecule has 0 aromatic heterocycles. The van der Waals surface area contributed by atoms with E-state index in [4.69, 9.17) is 10.8 Å². The minimum atomic E-state index is -1.06. The van der Waals surface area contributed by atoms with Gasteiger partial charge in [0.1, 0.15) is 0 Å². The van der Waals surface area contributed by atoms with E-state index in [-0.39, 0.29) is 11.5 Å². The molecule has 0 spiro atoms. The number of nitrogens with two attached hydrogens (primary N) is 1. The fourth-order valence-electron chi connectivity index (χ4n) is 1.53. The Morgan fingerprint density at radius 1 is 1.20 bits per heavy atom. The van der Waals surface area contributed by atoms with Gasteiger partial charge in [0.15, 0.2) is 0 Å². The third-order valence-corrected chi connectivity index (χ3v) is 2.50. The van der Waals surface area contributed by atoms with Crippen molar-refractivity contribution >= 4 is 23.6 Å². The molecule has 0 saturated heterocycles. The predicted octanol–water partition coefficient (Wildman–Crippen LogP) is 1.16. The van der Waals surface area contributed by atoms with E-state index in [0.717, 1.165) is 0 Å². The van der Waals surface area contributed by atoms with E-state index in [1.807, 2.05) is 0 Å². The first-order chi connectivity index (χ1) is 9.49. The number of carbonyl (C=O) groups is 3. The highest BCUT2D eigenvalue weighted by molar-refractivity contribution is 5.93. The van der Waals surface area contributed by atoms with Gasteiger partial charge < -0.3 is 21.5 Å². The van der Waals surface area contributed by atoms with Crippen molar-refractivity contribution < 1.29 is 19.5 Å². The molecule has 7 nitrogen and oxygen atoms in total. The molecule has 0 aliphatic carbocycles. The normalized spacial score (nSPS) is 9.80. The van der Waals surface area contributed by atoms with Crippen LogP contribution in [0.2, 0.25) is 0 Å². The van der Waals surface area contributed by atoms with Crippen molar-refractivity contribution in [3.63, 3.8) is 0 Å². The van der Waals surface area contributed by atoms with Gasteiger partial charge in [-0.15, -0.1) is 0 Å². The molecular weight excluding hydrogens is 262 g/mol. The molecule has 0 bridgehead atoms. The van der Waals surface area contributed by atoms with Crippen molar-refractivity contribution in [2.24, 2.45) is 5.73 Å². The Hall–Kier alpha value is -2.57. The van der Waals surface area contributed by atoms with E-state index in [0.29, 0.717) is 31.5 Å². The molecule has 0 fully saturated rings. The summed E-state index contributed by atoms with van der Waals surface area (Å²) in [4.78, 5) is 32.8. The number of unbranched alkanes of at least 4 members (excludes halogenated alkanes) is 1. The predicted molar refractivity (Wildman–Crippen MR) is 73.5 cm³/mol. The molecule has 1 rings (SSSR count). The summed E-state index contributed by atoms with van der Waals surface area (Å²) >= 11 is 0. The molecule has 1 aromatic carbocycles. The van der Waals surface area contributed by atoms with E-state index in [9.17, 15) is 14.4 Å². The second-order valence-corrected chi connectivity index (χ2v) is 4.19. The highest BCUT2D eigenvalue weighted by Gasteiger charge is 2.05. The summed E-state index contributed by atoms with van der Waals surface area (Å²) in [6, 6.07) is 5.53. The quantitative estimate of drug-likeness (QED) is 0.559. The van der Waals surface area contributed by atoms with Crippen molar-refractivity contribution in [2.45, 2.75) is 19.3 Å². The lowest BCUT2D eigenvalue weighted by Crippen LogP contribution is -2.29. The maximum absolute atomic E-state index is 11.5. The third-order valence-electron chi connectivity index (χ3n) is 2.50. The Balaban J connectivity index is 2.33. The first-order valence-corrected chi connectivity index (χ1v) is 6.15. The van der Waals surface area contributed by atoms with E-state index in [1.54, 1.807) is 12.1 Å². The zero-order valence-corrected chi connectivity index (χ0v) is 10.9. The minimum Gasteiger partial charge on any atom is -0.478 e. The van der Waals surface area contributed by atoms with Gasteiger partial charge in [0.05, 0.1) is 5.56 Å². The molecule has 0 aliphatic rings. The molecule has 0 unspecified atom stereocenters. The molecule has 5 N–H and O–H groups in total. The zero-order valence-electron chi connectivity index (χ0n) is 10.9. The summed E-state index contributed by atoms with van der Waals surface area (Å²) in [5.41, 5.74) is 5.49. The molecule has 0 radical (unpaired) electrons. The zero-order chi connectivity index (χ0) is 15.0. The van der Waals surface area contributed by atoms with Crippen LogP contribution in [0.15, 0.2) is 24.3 Å². The highest BCUT2D eigenvalue weighted by atomic mass is 16.4. The maximum Gasteiger partial charge on any atom is 0.335 e. The number of carboxylic acids is 1. The maximum atomic E-state index is 11.5. The van der Waals surface area contributed by atoms with Gasteiger partial charge in [-0.1, -0.05) is 6.07 Å². The first-order valence-electron chi connectivity index (χ1n) is 6.15. The van der Waals surface area contributed by atoms with Crippen LogP contribution in [0, 0.1) is 0 Å². The standard InChI is InChI=1S/C13H17N3O4/c14-11(17)6-1-2-7-15-13(20)16-10-5-3-4-9(8-10)12(18)19/h3-5,8H,1-2,6-7H2,(H2,14,17)(H,18,19)(H2,15,16,20). The average molecular weight is 279 g/mol. The summed E-state index contributed by atoms with van der Waals surface area (Å²) in [5.74, 6) is -1.42. The number of amides is 3. The molecule has 0 aliphatic heterocycles. The molecule has 7 heteroatoms. The van der Waals surface area contributed by atoms with E-state index >= 15 is 0 Å². The fraction of sp³-hybridized carbons (Fsp3) is 0.308. The Bertz CT molecular complexity index is 502. The third kappa shape index (κ3) is 5.85. The second kappa shape index (κ2) is 7.78. The van der Waals surface area contributed by atoms with Crippen molar-refractivity contribution in [2.75, 3.05) is 11.9 Å². The number of rotatable bonds is 7. The van der Waals surface area contributed by atoms with E-state index in [1.165, 1.54) is 12.1 Å². The van der Waals surface area contributed by atoms with Crippen LogP contribution in [-0.2, 0) is 4.79 Å². The number of nitrogens with one attached hydrogen (secondary N) is 2. The van der Waals surface area contributed by atoms with E-state index in [2.05, 4.69) is 10.6 Å². The lowest BCUT2D eigenvalue weighted by atomic mass is 10.2. The summed E-state index contributed by atoms with van der Waals surface area (Å²) in [6.07, 6.45) is 1.56. The molecule has 108 valence electrons. The number of urea groups is 1. The van der Waals surface area contributed by atoms with Gasteiger partial charge in [0, 0.05) is 18.7 Å². The van der Waals surface area contributed by atoms with Gasteiger partial charge in [0.2, 0.25) is 5.91 Å². The Labute approximate surface area is 116 Å². The van der Waals surface area contributed by atoms with Crippen molar-refractivity contribution in [1.82, 2.24) is 5.32 Å². The molecular formula is C13H17N3O4. The van der Waals surface area contributed by atoms with Crippen LogP contribution in [0.4, 0.5) is 10.5 Å². The summed E-state index contributed by atoms with van der Waals surface area (Å²) in [6.45, 7) is 0.414. The number of aromatic carboxylic acids is 1. The Morgan fingerprint density at radius 2 is 1.95 bits per heavy atom. The summed E-state index contributed by atoms with van der Waals surface area (Å²) in [7, 11) is 0. The van der Waals surface area contributed by atoms with E-state index < -0.39 is 12.0 Å². The van der Waals surface area contributed by atoms with Crippen molar-refractivity contribution in [3.05, 3.63) is 29.8 Å². The van der Waals surface area contributed by atoms with Crippen LogP contribution in [0.3, 0.4) is 0 Å². The molecule has 0 saturated carbocycles. The monoisotopic (exact) mass is 279 g/mol. The number of carboxylic acid groups (broad SMARTS) is 1. The molecule has 0 atom stereocenters. The van der Waals surface area contributed by atoms with Crippen LogP contribution in [0.1, 0.15) is 29.6 Å². The van der Waals surface area contributed by atoms with Gasteiger partial charge in [-0.3, -0.25) is 4.79 Å². The SMILES string of the molecule is NC(=O)CCCCNC(=O)Nc1cccc(C(=O)O)c1. The second-order valence-electron chi connectivity index (χ2n) is 4.19. The first kappa shape index (κ1) is 15.5. The number of primary amides is 1. The van der Waals surface area contributed by atoms with Gasteiger partial charge >= 0.3 is 12.0 Å². The molecule has 20 heavy (non-hydrogen) atoms. The number of carbonyl (C=O) groups excluding carboxylic acids is 2. The number of anilines is 1. The van der Waals surface area contributed by atoms with Gasteiger partial charge in [-0.25, -0.2) is 9.59 Å². The minimum absolute atomic E-state index is 0.101. The smallest absolute Gasteiger partial charge is 0.335 e. The lowest BCUT2D eigenvalue weighted by Gasteiger charge is -2.07. The molecule has 0 heterocycles. The van der Waals surface area contributed by atoms with Crippen LogP contribution in [-0.4, -0.2) is 29.6 Å². The van der Waals surface area contributed by atoms with Crippen LogP contribution < -0.4 is 16.4 Å². The van der Waals surface area contributed by atoms with Gasteiger partial charge in [-0.05, 0) is 31.0 Å². The van der Waals surface area contributed by atoms with Crippen molar-refractivity contribution in [1.29, 1.82) is 0 Å². The van der Waals surface area contributed by atoms with Gasteiger partial charge in [-0.2, -0.15) is 0 Å². The molecule has 1 aromatic rings. The Kier molecular flexibility index (Phi) is 6.02. The fourth-order valence-corrected chi connectivity index (χ4v) is 1.53. The lowest BCUT2D eigenvalue weighted by molar-refractivity contribution is -0.118. The molecule has 3 amide bonds. The summed E-state index contributed by atoms with van der Waals surface area (Å²) < 4.78 is 0. The van der Waals surface area contributed by atoms with Crippen molar-refractivity contribution in [3.8, 4) is 0 Å². The summed E-state index contributed by atoms with van der Waals surface area (Å²) in [5, 5.41) is 14.0. The van der Waals surface area contributed by atoms with Crippen LogP contribution in [0.5, 0.6) is 0 Å². The topological polar surface area (TPSA) is 122 Å². The van der Waals surface area contributed by atoms with Gasteiger partial charge in [0.25, 0.3) is 0 Å². The highest BCUT2D eigenvalue weighted by Crippen LogP contribution is 2.10. The van der Waals surface area contributed by atoms with Crippen LogP contribution >= 0.6 is 0 Å². The average Bonchev–Trinajstić information content (AvgIpc) is 2.38. The van der Waals surface area contributed by atoms with Crippen LogP contribution in [0.25, 0.3) is 0 Å². The number of hydrogen-bond acceptors (Lipinski definition) is 3. The largest absolute Gasteiger partial charge is 0.478 e. The Morgan fingerprint density at radius 3 is 2.60 bits per heavy atom. The number of benzene rings is 1. The number of hydrogen-bond donors (Lipinski definition) is 4.